The fourth-order valence-electron chi connectivity index (χ4n) is 0.813. The molecule has 2 nitrogen and oxygen atoms in total. The number of esters is 1. The van der Waals surface area contributed by atoms with E-state index in [0.29, 0.717) is 10.8 Å². The summed E-state index contributed by atoms with van der Waals surface area (Å²) in [7, 11) is 1.37. The quantitative estimate of drug-likeness (QED) is 0.574. The van der Waals surface area contributed by atoms with Gasteiger partial charge in [0.05, 0.1) is 7.11 Å². The summed E-state index contributed by atoms with van der Waals surface area (Å²) in [6.45, 7) is 0. The van der Waals surface area contributed by atoms with Crippen LogP contribution in [0.15, 0.2) is 18.2 Å². The van der Waals surface area contributed by atoms with Crippen LogP contribution in [0, 0.1) is 0 Å². The summed E-state index contributed by atoms with van der Waals surface area (Å²) in [6.07, 6.45) is 3.71. The van der Waals surface area contributed by atoms with Gasteiger partial charge < -0.3 is 4.74 Å². The predicted octanol–water partition coefficient (Wildman–Crippen LogP) is 2.79. The number of halogens is 1. The summed E-state index contributed by atoms with van der Waals surface area (Å²) < 4.78 is 4.58. The van der Waals surface area contributed by atoms with Gasteiger partial charge in [0.1, 0.15) is 4.88 Å². The smallest absolute Gasteiger partial charge is 0.348 e. The number of methoxy groups -OCH3 is 1. The molecular formula is C9H9ClO2S. The molecule has 1 heterocycles. The van der Waals surface area contributed by atoms with E-state index < -0.39 is 0 Å². The average Bonchev–Trinajstić information content (AvgIpc) is 2.62. The van der Waals surface area contributed by atoms with Crippen LogP contribution in [0.4, 0.5) is 0 Å². The lowest BCUT2D eigenvalue weighted by molar-refractivity contribution is 0.0606. The third-order valence-corrected chi connectivity index (χ3v) is 2.59. The van der Waals surface area contributed by atoms with Crippen LogP contribution in [0.5, 0.6) is 0 Å². The van der Waals surface area contributed by atoms with Gasteiger partial charge in [0.15, 0.2) is 0 Å². The van der Waals surface area contributed by atoms with Gasteiger partial charge in [0.2, 0.25) is 0 Å². The standard InChI is InChI=1S/C9H9ClO2S/c1-12-9(11)8-5-4-7(13-8)3-2-6-10/h2-5H,6H2,1H3/b3-2+. The molecule has 70 valence electrons. The monoisotopic (exact) mass is 216 g/mol. The highest BCUT2D eigenvalue weighted by molar-refractivity contribution is 7.14. The molecule has 0 radical (unpaired) electrons. The Morgan fingerprint density at radius 2 is 2.46 bits per heavy atom. The van der Waals surface area contributed by atoms with Crippen molar-refractivity contribution in [1.82, 2.24) is 0 Å². The second-order valence-electron chi connectivity index (χ2n) is 2.25. The molecule has 0 bridgehead atoms. The molecule has 0 spiro atoms. The number of rotatable bonds is 3. The van der Waals surface area contributed by atoms with Gasteiger partial charge in [-0.1, -0.05) is 6.08 Å². The minimum absolute atomic E-state index is 0.296. The maximum atomic E-state index is 11.0. The lowest BCUT2D eigenvalue weighted by atomic mass is 10.4. The van der Waals surface area contributed by atoms with E-state index in [1.165, 1.54) is 18.4 Å². The van der Waals surface area contributed by atoms with Crippen molar-refractivity contribution in [2.45, 2.75) is 0 Å². The molecule has 0 saturated heterocycles. The van der Waals surface area contributed by atoms with Crippen molar-refractivity contribution in [2.24, 2.45) is 0 Å². The molecule has 0 aromatic carbocycles. The molecule has 0 fully saturated rings. The number of hydrogen-bond acceptors (Lipinski definition) is 3. The zero-order valence-electron chi connectivity index (χ0n) is 7.12. The molecule has 0 atom stereocenters. The summed E-state index contributed by atoms with van der Waals surface area (Å²) in [5, 5.41) is 0. The van der Waals surface area contributed by atoms with E-state index >= 15 is 0 Å². The van der Waals surface area contributed by atoms with E-state index in [1.807, 2.05) is 18.2 Å². The molecule has 0 unspecified atom stereocenters. The molecule has 0 amide bonds. The van der Waals surface area contributed by atoms with E-state index in [9.17, 15) is 4.79 Å². The first-order valence-corrected chi connectivity index (χ1v) is 5.03. The highest BCUT2D eigenvalue weighted by Gasteiger charge is 2.06. The Morgan fingerprint density at radius 3 is 3.08 bits per heavy atom. The Hall–Kier alpha value is -0.800. The molecule has 4 heteroatoms. The van der Waals surface area contributed by atoms with Gasteiger partial charge in [-0.25, -0.2) is 4.79 Å². The number of ether oxygens (including phenoxy) is 1. The number of allylic oxidation sites excluding steroid dienone is 1. The molecule has 0 aliphatic rings. The number of carbonyl (C=O) groups excluding carboxylic acids is 1. The SMILES string of the molecule is COC(=O)c1ccc(/C=C/CCl)s1. The van der Waals surface area contributed by atoms with Crippen LogP contribution in [0.3, 0.4) is 0 Å². The molecule has 0 aliphatic carbocycles. The Balaban J connectivity index is 2.74. The zero-order valence-corrected chi connectivity index (χ0v) is 8.69. The van der Waals surface area contributed by atoms with E-state index in [0.717, 1.165) is 4.88 Å². The van der Waals surface area contributed by atoms with E-state index in [4.69, 9.17) is 11.6 Å². The summed E-state index contributed by atoms with van der Waals surface area (Å²) in [6, 6.07) is 3.60. The van der Waals surface area contributed by atoms with Crippen molar-refractivity contribution in [3.05, 3.63) is 28.0 Å². The summed E-state index contributed by atoms with van der Waals surface area (Å²) in [5.41, 5.74) is 0. The van der Waals surface area contributed by atoms with Crippen molar-refractivity contribution < 1.29 is 9.53 Å². The fourth-order valence-corrected chi connectivity index (χ4v) is 1.76. The Morgan fingerprint density at radius 1 is 1.69 bits per heavy atom. The van der Waals surface area contributed by atoms with Crippen LogP contribution in [-0.4, -0.2) is 19.0 Å². The second kappa shape index (κ2) is 5.04. The van der Waals surface area contributed by atoms with Gasteiger partial charge in [0.25, 0.3) is 0 Å². The van der Waals surface area contributed by atoms with Crippen LogP contribution in [-0.2, 0) is 4.74 Å². The zero-order chi connectivity index (χ0) is 9.68. The van der Waals surface area contributed by atoms with Gasteiger partial charge >= 0.3 is 5.97 Å². The molecule has 1 rings (SSSR count). The van der Waals surface area contributed by atoms with Gasteiger partial charge in [-0.05, 0) is 18.2 Å². The molecular weight excluding hydrogens is 208 g/mol. The first-order valence-electron chi connectivity index (χ1n) is 3.68. The van der Waals surface area contributed by atoms with Crippen molar-refractivity contribution in [3.8, 4) is 0 Å². The number of alkyl halides is 1. The number of carbonyl (C=O) groups is 1. The first-order chi connectivity index (χ1) is 6.27. The van der Waals surface area contributed by atoms with Crippen LogP contribution in [0.1, 0.15) is 14.5 Å². The minimum atomic E-state index is -0.296. The van der Waals surface area contributed by atoms with E-state index in [2.05, 4.69) is 4.74 Å². The molecule has 0 N–H and O–H groups in total. The number of thiophene rings is 1. The summed E-state index contributed by atoms with van der Waals surface area (Å²) in [4.78, 5) is 12.6. The normalized spacial score (nSPS) is 10.6. The van der Waals surface area contributed by atoms with E-state index in [1.54, 1.807) is 6.07 Å². The highest BCUT2D eigenvalue weighted by atomic mass is 35.5. The van der Waals surface area contributed by atoms with Crippen LogP contribution >= 0.6 is 22.9 Å². The van der Waals surface area contributed by atoms with Crippen molar-refractivity contribution >= 4 is 35.0 Å². The van der Waals surface area contributed by atoms with E-state index in [-0.39, 0.29) is 5.97 Å². The lowest BCUT2D eigenvalue weighted by Crippen LogP contribution is -1.96. The number of hydrogen-bond donors (Lipinski definition) is 0. The Kier molecular flexibility index (Phi) is 3.99. The largest absolute Gasteiger partial charge is 0.465 e. The maximum absolute atomic E-state index is 11.0. The van der Waals surface area contributed by atoms with Crippen molar-refractivity contribution in [1.29, 1.82) is 0 Å². The average molecular weight is 217 g/mol. The molecule has 0 saturated carbocycles. The highest BCUT2D eigenvalue weighted by Crippen LogP contribution is 2.18. The third-order valence-electron chi connectivity index (χ3n) is 1.38. The topological polar surface area (TPSA) is 26.3 Å². The Bertz CT molecular complexity index is 317. The first kappa shape index (κ1) is 10.3. The third kappa shape index (κ3) is 2.86. The second-order valence-corrected chi connectivity index (χ2v) is 3.67. The Labute approximate surface area is 85.8 Å². The van der Waals surface area contributed by atoms with Gasteiger partial charge in [-0.2, -0.15) is 0 Å². The minimum Gasteiger partial charge on any atom is -0.465 e. The molecule has 1 aromatic rings. The lowest BCUT2D eigenvalue weighted by Gasteiger charge is -1.91. The van der Waals surface area contributed by atoms with Crippen LogP contribution in [0.2, 0.25) is 0 Å². The van der Waals surface area contributed by atoms with Crippen molar-refractivity contribution in [2.75, 3.05) is 13.0 Å². The van der Waals surface area contributed by atoms with Crippen LogP contribution < -0.4 is 0 Å². The summed E-state index contributed by atoms with van der Waals surface area (Å²) >= 11 is 6.86. The van der Waals surface area contributed by atoms with Crippen molar-refractivity contribution in [3.63, 3.8) is 0 Å². The molecule has 13 heavy (non-hydrogen) atoms. The van der Waals surface area contributed by atoms with Crippen LogP contribution in [0.25, 0.3) is 6.08 Å². The molecule has 1 aromatic heterocycles. The summed E-state index contributed by atoms with van der Waals surface area (Å²) in [5.74, 6) is 0.182. The fraction of sp³-hybridized carbons (Fsp3) is 0.222. The van der Waals surface area contributed by atoms with Gasteiger partial charge in [0, 0.05) is 10.8 Å². The predicted molar refractivity (Wildman–Crippen MR) is 55.4 cm³/mol. The molecule has 0 aliphatic heterocycles. The maximum Gasteiger partial charge on any atom is 0.348 e. The van der Waals surface area contributed by atoms with Gasteiger partial charge in [-0.3, -0.25) is 0 Å². The van der Waals surface area contributed by atoms with Gasteiger partial charge in [-0.15, -0.1) is 22.9 Å².